The average Bonchev–Trinajstić information content (AvgIpc) is 2.92. The van der Waals surface area contributed by atoms with Crippen LogP contribution in [0.25, 0.3) is 10.8 Å². The largest absolute Gasteiger partial charge is 0.358 e. The Labute approximate surface area is 108 Å². The van der Waals surface area contributed by atoms with Crippen LogP contribution in [0.3, 0.4) is 0 Å². The Morgan fingerprint density at radius 2 is 2.00 bits per heavy atom. The summed E-state index contributed by atoms with van der Waals surface area (Å²) in [6.07, 6.45) is 2.42. The van der Waals surface area contributed by atoms with Gasteiger partial charge in [-0.3, -0.25) is 0 Å². The molecule has 18 heavy (non-hydrogen) atoms. The van der Waals surface area contributed by atoms with Crippen molar-refractivity contribution in [3.8, 4) is 0 Å². The van der Waals surface area contributed by atoms with E-state index in [4.69, 9.17) is 0 Å². The molecule has 2 aromatic carbocycles. The quantitative estimate of drug-likeness (QED) is 0.855. The van der Waals surface area contributed by atoms with Crippen molar-refractivity contribution in [3.05, 3.63) is 54.7 Å². The number of nitrogens with one attached hydrogen (secondary N) is 2. The Morgan fingerprint density at radius 1 is 1.17 bits per heavy atom. The fourth-order valence-corrected chi connectivity index (χ4v) is 2.52. The van der Waals surface area contributed by atoms with E-state index in [0.29, 0.717) is 6.04 Å². The molecule has 2 aromatic rings. The first-order valence-corrected chi connectivity index (χ1v) is 6.51. The molecule has 0 saturated carbocycles. The lowest BCUT2D eigenvalue weighted by Crippen LogP contribution is -2.26. The van der Waals surface area contributed by atoms with Gasteiger partial charge in [-0.25, -0.2) is 0 Å². The molecule has 2 heteroatoms. The molecule has 3 rings (SSSR count). The minimum Gasteiger partial charge on any atom is -0.358 e. The van der Waals surface area contributed by atoms with Gasteiger partial charge in [0.1, 0.15) is 0 Å². The fraction of sp³-hybridized carbons (Fsp3) is 0.250. The molecule has 1 saturated heterocycles. The second-order valence-corrected chi connectivity index (χ2v) is 4.86. The van der Waals surface area contributed by atoms with Gasteiger partial charge in [-0.15, -0.1) is 0 Å². The molecule has 1 heterocycles. The van der Waals surface area contributed by atoms with Gasteiger partial charge >= 0.3 is 0 Å². The highest BCUT2D eigenvalue weighted by molar-refractivity contribution is 5.85. The van der Waals surface area contributed by atoms with Crippen LogP contribution in [0, 0.1) is 0 Å². The third-order valence-corrected chi connectivity index (χ3v) is 3.54. The first-order valence-electron chi connectivity index (χ1n) is 6.51. The maximum Gasteiger partial charge on any atom is 0.0467 e. The van der Waals surface area contributed by atoms with E-state index in [1.54, 1.807) is 0 Å². The zero-order chi connectivity index (χ0) is 12.4. The molecule has 0 radical (unpaired) electrons. The molecule has 92 valence electrons. The van der Waals surface area contributed by atoms with E-state index in [9.17, 15) is 0 Å². The Kier molecular flexibility index (Phi) is 3.03. The van der Waals surface area contributed by atoms with Crippen molar-refractivity contribution in [2.45, 2.75) is 18.9 Å². The van der Waals surface area contributed by atoms with E-state index < -0.39 is 0 Å². The van der Waals surface area contributed by atoms with Crippen molar-refractivity contribution in [2.75, 3.05) is 11.9 Å². The second-order valence-electron chi connectivity index (χ2n) is 4.86. The van der Waals surface area contributed by atoms with Crippen molar-refractivity contribution in [1.29, 1.82) is 0 Å². The van der Waals surface area contributed by atoms with Crippen molar-refractivity contribution in [1.82, 2.24) is 5.32 Å². The Hall–Kier alpha value is -1.80. The molecule has 0 unspecified atom stereocenters. The first kappa shape index (κ1) is 11.3. The van der Waals surface area contributed by atoms with Gasteiger partial charge in [0.15, 0.2) is 0 Å². The van der Waals surface area contributed by atoms with E-state index >= 15 is 0 Å². The lowest BCUT2D eigenvalue weighted by atomic mass is 10.1. The van der Waals surface area contributed by atoms with Gasteiger partial charge in [0.2, 0.25) is 0 Å². The Bertz CT molecular complexity index is 568. The predicted molar refractivity (Wildman–Crippen MR) is 77.7 cm³/mol. The van der Waals surface area contributed by atoms with Crippen LogP contribution in [0.5, 0.6) is 0 Å². The number of benzene rings is 2. The van der Waals surface area contributed by atoms with Crippen LogP contribution < -0.4 is 10.6 Å². The van der Waals surface area contributed by atoms with Crippen LogP contribution in [0.4, 0.5) is 5.69 Å². The minimum absolute atomic E-state index is 0.413. The van der Waals surface area contributed by atoms with Gasteiger partial charge in [-0.1, -0.05) is 36.9 Å². The summed E-state index contributed by atoms with van der Waals surface area (Å²) in [6.45, 7) is 5.24. The molecule has 0 aromatic heterocycles. The van der Waals surface area contributed by atoms with E-state index in [1.165, 1.54) is 23.6 Å². The minimum atomic E-state index is 0.413. The smallest absolute Gasteiger partial charge is 0.0467 e. The van der Waals surface area contributed by atoms with Crippen LogP contribution in [-0.2, 0) is 0 Å². The molecule has 0 amide bonds. The van der Waals surface area contributed by atoms with Gasteiger partial charge in [0.25, 0.3) is 0 Å². The third-order valence-electron chi connectivity index (χ3n) is 3.54. The molecule has 1 aliphatic heterocycles. The van der Waals surface area contributed by atoms with E-state index in [-0.39, 0.29) is 0 Å². The number of anilines is 1. The maximum absolute atomic E-state index is 4.14. The number of rotatable bonds is 3. The third kappa shape index (κ3) is 2.24. The lowest BCUT2D eigenvalue weighted by molar-refractivity contribution is 0.695. The van der Waals surface area contributed by atoms with Gasteiger partial charge in [-0.2, -0.15) is 0 Å². The molecule has 1 aliphatic rings. The normalized spacial score (nSPS) is 19.0. The van der Waals surface area contributed by atoms with Crippen LogP contribution in [0.15, 0.2) is 54.7 Å². The summed E-state index contributed by atoms with van der Waals surface area (Å²) < 4.78 is 0. The van der Waals surface area contributed by atoms with Crippen LogP contribution in [0.1, 0.15) is 12.8 Å². The molecule has 2 N–H and O–H groups in total. The van der Waals surface area contributed by atoms with Crippen LogP contribution >= 0.6 is 0 Å². The summed E-state index contributed by atoms with van der Waals surface area (Å²) in [7, 11) is 0. The molecule has 1 atom stereocenters. The zero-order valence-corrected chi connectivity index (χ0v) is 10.4. The maximum atomic E-state index is 4.14. The van der Waals surface area contributed by atoms with Gasteiger partial charge in [0, 0.05) is 17.4 Å². The summed E-state index contributed by atoms with van der Waals surface area (Å²) >= 11 is 0. The summed E-state index contributed by atoms with van der Waals surface area (Å²) in [6, 6.07) is 15.3. The van der Waals surface area contributed by atoms with Crippen molar-refractivity contribution < 1.29 is 0 Å². The summed E-state index contributed by atoms with van der Waals surface area (Å²) in [4.78, 5) is 0. The molecule has 0 spiro atoms. The highest BCUT2D eigenvalue weighted by Gasteiger charge is 2.16. The molecule has 0 aliphatic carbocycles. The molecule has 1 fully saturated rings. The molecular weight excluding hydrogens is 220 g/mol. The molecule has 0 bridgehead atoms. The predicted octanol–water partition coefficient (Wildman–Crippen LogP) is 3.52. The zero-order valence-electron chi connectivity index (χ0n) is 10.4. The SMILES string of the molecule is C=C(Nc1ccc2ccccc2c1)[C@@H]1CCCN1. The van der Waals surface area contributed by atoms with Crippen molar-refractivity contribution in [3.63, 3.8) is 0 Å². The monoisotopic (exact) mass is 238 g/mol. The van der Waals surface area contributed by atoms with Crippen molar-refractivity contribution in [2.24, 2.45) is 0 Å². The Morgan fingerprint density at radius 3 is 2.78 bits per heavy atom. The topological polar surface area (TPSA) is 24.1 Å². The number of hydrogen-bond acceptors (Lipinski definition) is 2. The lowest BCUT2D eigenvalue weighted by Gasteiger charge is -2.16. The van der Waals surface area contributed by atoms with E-state index in [2.05, 4.69) is 59.7 Å². The van der Waals surface area contributed by atoms with Crippen molar-refractivity contribution >= 4 is 16.5 Å². The van der Waals surface area contributed by atoms with Gasteiger partial charge < -0.3 is 10.6 Å². The van der Waals surface area contributed by atoms with Gasteiger partial charge in [0.05, 0.1) is 0 Å². The summed E-state index contributed by atoms with van der Waals surface area (Å²) in [5.74, 6) is 0. The summed E-state index contributed by atoms with van der Waals surface area (Å²) in [5.41, 5.74) is 2.19. The molecule has 2 nitrogen and oxygen atoms in total. The van der Waals surface area contributed by atoms with E-state index in [0.717, 1.165) is 17.9 Å². The summed E-state index contributed by atoms with van der Waals surface area (Å²) in [5, 5.41) is 9.40. The van der Waals surface area contributed by atoms with E-state index in [1.807, 2.05) is 0 Å². The fourth-order valence-electron chi connectivity index (χ4n) is 2.52. The highest BCUT2D eigenvalue weighted by atomic mass is 15.0. The standard InChI is InChI=1S/C16H18N2/c1-12(16-7-4-10-17-16)18-15-9-8-13-5-2-3-6-14(13)11-15/h2-3,5-6,8-9,11,16-18H,1,4,7,10H2/t16-/m0/s1. The van der Waals surface area contributed by atoms with Crippen LogP contribution in [0.2, 0.25) is 0 Å². The van der Waals surface area contributed by atoms with Crippen LogP contribution in [-0.4, -0.2) is 12.6 Å². The molecular formula is C16H18N2. The highest BCUT2D eigenvalue weighted by Crippen LogP contribution is 2.21. The second kappa shape index (κ2) is 4.83. The van der Waals surface area contributed by atoms with Gasteiger partial charge in [-0.05, 0) is 42.3 Å². The number of hydrogen-bond donors (Lipinski definition) is 2. The number of fused-ring (bicyclic) bond motifs is 1. The Balaban J connectivity index is 1.79. The average molecular weight is 238 g/mol. The first-order chi connectivity index (χ1) is 8.83.